The second-order valence-corrected chi connectivity index (χ2v) is 10.9. The predicted octanol–water partition coefficient (Wildman–Crippen LogP) is 6.51. The van der Waals surface area contributed by atoms with Gasteiger partial charge in [0.2, 0.25) is 0 Å². The zero-order chi connectivity index (χ0) is 25.2. The molecule has 1 saturated carbocycles. The number of carboxylic acid groups (broad SMARTS) is 1. The molecule has 0 amide bonds. The van der Waals surface area contributed by atoms with Crippen molar-refractivity contribution in [3.05, 3.63) is 65.0 Å². The van der Waals surface area contributed by atoms with Crippen LogP contribution in [0.1, 0.15) is 68.0 Å². The summed E-state index contributed by atoms with van der Waals surface area (Å²) >= 11 is 0. The van der Waals surface area contributed by atoms with E-state index in [0.29, 0.717) is 18.1 Å². The first-order valence-corrected chi connectivity index (χ1v) is 12.6. The highest BCUT2D eigenvalue weighted by molar-refractivity contribution is 6.08. The van der Waals surface area contributed by atoms with Gasteiger partial charge in [0, 0.05) is 46.1 Å². The molecule has 1 atom stereocenters. The summed E-state index contributed by atoms with van der Waals surface area (Å²) in [4.78, 5) is 22.4. The van der Waals surface area contributed by atoms with E-state index < -0.39 is 17.7 Å². The van der Waals surface area contributed by atoms with Gasteiger partial charge in [0.05, 0.1) is 23.2 Å². The minimum atomic E-state index is -1.14. The Labute approximate surface area is 210 Å². The summed E-state index contributed by atoms with van der Waals surface area (Å²) in [6.07, 6.45) is 3.84. The molecule has 6 heteroatoms. The highest BCUT2D eigenvalue weighted by atomic mass is 16.5. The van der Waals surface area contributed by atoms with Crippen molar-refractivity contribution < 1.29 is 19.4 Å². The lowest BCUT2D eigenvalue weighted by Gasteiger charge is -2.29. The Morgan fingerprint density at radius 1 is 1.17 bits per heavy atom. The molecule has 3 heterocycles. The van der Waals surface area contributed by atoms with Crippen LogP contribution in [0.25, 0.3) is 32.9 Å². The number of nitrogens with zero attached hydrogens (tertiary/aromatic N) is 2. The Morgan fingerprint density at radius 3 is 2.69 bits per heavy atom. The number of benzene rings is 2. The number of fused-ring (bicyclic) bond motifs is 1. The standard InChI is InChI=1S/C30H30N2O4/c1-16-15-22-19(7-9-21(32-22)17-5-6-17)26(24(16)28(29(33)34)36-30(2,3)4)20-8-10-23-25-18(12-14-35-23)11-13-31-27(20)25/h7-11,13,15,17,28H,5-6,12,14H2,1-4H3,(H,33,34)/t28-/m0/s1. The SMILES string of the molecule is Cc1cc2nc(C3CC3)ccc2c(-c2ccc3c4c(ccnc24)CCO3)c1[C@H](OC(C)(C)C)C(=O)O. The van der Waals surface area contributed by atoms with Gasteiger partial charge >= 0.3 is 5.97 Å². The van der Waals surface area contributed by atoms with Gasteiger partial charge in [-0.1, -0.05) is 6.07 Å². The first-order valence-electron chi connectivity index (χ1n) is 12.6. The van der Waals surface area contributed by atoms with Gasteiger partial charge in [-0.05, 0) is 87.6 Å². The molecule has 6 rings (SSSR count). The van der Waals surface area contributed by atoms with E-state index in [-0.39, 0.29) is 0 Å². The van der Waals surface area contributed by atoms with Crippen LogP contribution in [0.4, 0.5) is 0 Å². The molecule has 36 heavy (non-hydrogen) atoms. The Balaban J connectivity index is 1.70. The maximum absolute atomic E-state index is 12.7. The molecule has 1 aliphatic carbocycles. The molecule has 1 N–H and O–H groups in total. The van der Waals surface area contributed by atoms with E-state index in [2.05, 4.69) is 12.1 Å². The maximum atomic E-state index is 12.7. The summed E-state index contributed by atoms with van der Waals surface area (Å²) in [7, 11) is 0. The van der Waals surface area contributed by atoms with Crippen LogP contribution in [0.3, 0.4) is 0 Å². The van der Waals surface area contributed by atoms with Gasteiger partial charge < -0.3 is 14.6 Å². The van der Waals surface area contributed by atoms with Crippen LogP contribution in [0.5, 0.6) is 5.75 Å². The smallest absolute Gasteiger partial charge is 0.337 e. The van der Waals surface area contributed by atoms with Gasteiger partial charge in [-0.2, -0.15) is 0 Å². The first-order chi connectivity index (χ1) is 17.2. The monoisotopic (exact) mass is 482 g/mol. The number of carboxylic acids is 1. The minimum absolute atomic E-state index is 0.521. The molecule has 0 spiro atoms. The lowest BCUT2D eigenvalue weighted by molar-refractivity contribution is -0.160. The van der Waals surface area contributed by atoms with E-state index in [1.165, 1.54) is 18.4 Å². The van der Waals surface area contributed by atoms with E-state index in [4.69, 9.17) is 19.4 Å². The summed E-state index contributed by atoms with van der Waals surface area (Å²) in [6, 6.07) is 12.2. The Bertz CT molecular complexity index is 1520. The van der Waals surface area contributed by atoms with Crippen molar-refractivity contribution in [3.63, 3.8) is 0 Å². The number of aliphatic carboxylic acids is 1. The fraction of sp³-hybridized carbons (Fsp3) is 0.367. The molecular formula is C30H30N2O4. The Hall–Kier alpha value is -3.51. The van der Waals surface area contributed by atoms with Crippen LogP contribution >= 0.6 is 0 Å². The van der Waals surface area contributed by atoms with Gasteiger partial charge in [-0.15, -0.1) is 0 Å². The van der Waals surface area contributed by atoms with Gasteiger partial charge in [0.15, 0.2) is 6.10 Å². The lowest BCUT2D eigenvalue weighted by Crippen LogP contribution is -2.28. The van der Waals surface area contributed by atoms with Gasteiger partial charge in [0.25, 0.3) is 0 Å². The molecule has 2 aliphatic rings. The number of pyridine rings is 2. The van der Waals surface area contributed by atoms with Crippen molar-refractivity contribution in [1.82, 2.24) is 9.97 Å². The maximum Gasteiger partial charge on any atom is 0.337 e. The molecule has 0 unspecified atom stereocenters. The van der Waals surface area contributed by atoms with Gasteiger partial charge in [0.1, 0.15) is 5.75 Å². The molecule has 1 aliphatic heterocycles. The number of ether oxygens (including phenoxy) is 2. The average molecular weight is 483 g/mol. The zero-order valence-electron chi connectivity index (χ0n) is 21.1. The van der Waals surface area contributed by atoms with Crippen LogP contribution in [0.15, 0.2) is 42.6 Å². The third-order valence-electron chi connectivity index (χ3n) is 7.05. The highest BCUT2D eigenvalue weighted by Crippen LogP contribution is 2.46. The first kappa shape index (κ1) is 22.9. The van der Waals surface area contributed by atoms with E-state index in [9.17, 15) is 9.90 Å². The summed E-state index contributed by atoms with van der Waals surface area (Å²) in [5, 5.41) is 12.3. The van der Waals surface area contributed by atoms with E-state index in [1.807, 2.05) is 58.2 Å². The zero-order valence-corrected chi connectivity index (χ0v) is 21.1. The van der Waals surface area contributed by atoms with Crippen LogP contribution in [-0.2, 0) is 16.0 Å². The molecule has 4 aromatic rings. The molecule has 184 valence electrons. The van der Waals surface area contributed by atoms with Crippen LogP contribution in [0.2, 0.25) is 0 Å². The van der Waals surface area contributed by atoms with E-state index in [0.717, 1.165) is 56.4 Å². The van der Waals surface area contributed by atoms with Crippen molar-refractivity contribution in [2.75, 3.05) is 6.61 Å². The molecule has 2 aromatic carbocycles. The third-order valence-corrected chi connectivity index (χ3v) is 7.05. The van der Waals surface area contributed by atoms with Crippen LogP contribution < -0.4 is 4.74 Å². The third kappa shape index (κ3) is 3.90. The van der Waals surface area contributed by atoms with Crippen molar-refractivity contribution >= 4 is 27.8 Å². The van der Waals surface area contributed by atoms with Crippen molar-refractivity contribution in [2.45, 2.75) is 64.6 Å². The fourth-order valence-corrected chi connectivity index (χ4v) is 5.36. The predicted molar refractivity (Wildman–Crippen MR) is 140 cm³/mol. The number of rotatable bonds is 5. The van der Waals surface area contributed by atoms with Crippen molar-refractivity contribution in [2.24, 2.45) is 0 Å². The molecule has 0 bridgehead atoms. The summed E-state index contributed by atoms with van der Waals surface area (Å²) < 4.78 is 12.1. The highest BCUT2D eigenvalue weighted by Gasteiger charge is 2.33. The van der Waals surface area contributed by atoms with Crippen LogP contribution in [-0.4, -0.2) is 33.3 Å². The summed E-state index contributed by atoms with van der Waals surface area (Å²) in [5.74, 6) is 0.319. The van der Waals surface area contributed by atoms with Gasteiger partial charge in [-0.3, -0.25) is 9.97 Å². The molecule has 2 aromatic heterocycles. The lowest BCUT2D eigenvalue weighted by atomic mass is 9.86. The average Bonchev–Trinajstić information content (AvgIpc) is 3.67. The Kier molecular flexibility index (Phi) is 5.27. The molecule has 6 nitrogen and oxygen atoms in total. The number of aryl methyl sites for hydroxylation is 1. The fourth-order valence-electron chi connectivity index (χ4n) is 5.36. The van der Waals surface area contributed by atoms with E-state index in [1.54, 1.807) is 0 Å². The van der Waals surface area contributed by atoms with Crippen LogP contribution in [0, 0.1) is 6.92 Å². The Morgan fingerprint density at radius 2 is 1.97 bits per heavy atom. The molecular weight excluding hydrogens is 452 g/mol. The summed E-state index contributed by atoms with van der Waals surface area (Å²) in [5.41, 5.74) is 6.49. The molecule has 0 saturated heterocycles. The number of hydrogen-bond acceptors (Lipinski definition) is 5. The normalized spacial score (nSPS) is 16.2. The summed E-state index contributed by atoms with van der Waals surface area (Å²) in [6.45, 7) is 8.23. The number of carbonyl (C=O) groups is 1. The van der Waals surface area contributed by atoms with Crippen molar-refractivity contribution in [1.29, 1.82) is 0 Å². The number of aromatic nitrogens is 2. The minimum Gasteiger partial charge on any atom is -0.493 e. The quantitative estimate of drug-likeness (QED) is 0.349. The van der Waals surface area contributed by atoms with Crippen molar-refractivity contribution in [3.8, 4) is 16.9 Å². The topological polar surface area (TPSA) is 81.5 Å². The second kappa shape index (κ2) is 8.27. The molecule has 0 radical (unpaired) electrons. The number of hydrogen-bond donors (Lipinski definition) is 1. The molecule has 1 fully saturated rings. The second-order valence-electron chi connectivity index (χ2n) is 10.9. The van der Waals surface area contributed by atoms with Gasteiger partial charge in [-0.25, -0.2) is 4.79 Å². The van der Waals surface area contributed by atoms with E-state index >= 15 is 0 Å². The largest absolute Gasteiger partial charge is 0.493 e.